The molecule has 0 saturated carbocycles. The molecule has 1 heterocycles. The van der Waals surface area contributed by atoms with Crippen LogP contribution in [0.25, 0.3) is 0 Å². The van der Waals surface area contributed by atoms with Crippen LogP contribution in [0.4, 0.5) is 0 Å². The van der Waals surface area contributed by atoms with Crippen LogP contribution in [-0.4, -0.2) is 27.5 Å². The first-order valence-corrected chi connectivity index (χ1v) is 7.73. The Balaban J connectivity index is 2.66. The Kier molecular flexibility index (Phi) is 6.21. The van der Waals surface area contributed by atoms with E-state index in [1.807, 2.05) is 18.7 Å². The van der Waals surface area contributed by atoms with E-state index in [4.69, 9.17) is 0 Å². The number of hydrogen-bond donors (Lipinski definition) is 2. The van der Waals surface area contributed by atoms with Gasteiger partial charge in [0.05, 0.1) is 11.8 Å². The van der Waals surface area contributed by atoms with Gasteiger partial charge in [-0.3, -0.25) is 4.68 Å². The summed E-state index contributed by atoms with van der Waals surface area (Å²) < 4.78 is 2.01. The molecule has 0 bridgehead atoms. The van der Waals surface area contributed by atoms with Gasteiger partial charge in [0, 0.05) is 31.4 Å². The van der Waals surface area contributed by atoms with Crippen molar-refractivity contribution in [2.24, 2.45) is 12.5 Å². The second-order valence-corrected chi connectivity index (χ2v) is 6.52. The van der Waals surface area contributed by atoms with E-state index in [1.165, 1.54) is 17.0 Å². The van der Waals surface area contributed by atoms with Crippen LogP contribution in [0, 0.1) is 5.41 Å². The Morgan fingerprint density at radius 1 is 1.30 bits per heavy atom. The molecule has 4 heteroatoms. The van der Waals surface area contributed by atoms with Gasteiger partial charge in [0.15, 0.2) is 0 Å². The zero-order valence-electron chi connectivity index (χ0n) is 14.0. The molecule has 0 aromatic carbocycles. The summed E-state index contributed by atoms with van der Waals surface area (Å²) in [6.45, 7) is 12.3. The molecule has 1 rings (SSSR count). The number of rotatable bonds is 8. The van der Waals surface area contributed by atoms with Crippen molar-refractivity contribution in [3.8, 4) is 0 Å². The van der Waals surface area contributed by atoms with Crippen molar-refractivity contribution < 1.29 is 5.11 Å². The van der Waals surface area contributed by atoms with Crippen LogP contribution in [-0.2, 0) is 26.4 Å². The molecule has 4 nitrogen and oxygen atoms in total. The van der Waals surface area contributed by atoms with Crippen molar-refractivity contribution >= 4 is 0 Å². The number of hydrogen-bond acceptors (Lipinski definition) is 3. The predicted octanol–water partition coefficient (Wildman–Crippen LogP) is 2.43. The smallest absolute Gasteiger partial charge is 0.0669 e. The van der Waals surface area contributed by atoms with Gasteiger partial charge in [-0.2, -0.15) is 5.10 Å². The Morgan fingerprint density at radius 2 is 1.95 bits per heavy atom. The minimum absolute atomic E-state index is 0.106. The number of aliphatic hydroxyl groups excluding tert-OH is 1. The highest BCUT2D eigenvalue weighted by Crippen LogP contribution is 2.22. The fourth-order valence-electron chi connectivity index (χ4n) is 2.99. The Hall–Kier alpha value is -0.870. The van der Waals surface area contributed by atoms with Gasteiger partial charge in [-0.25, -0.2) is 0 Å². The highest BCUT2D eigenvalue weighted by molar-refractivity contribution is 5.26. The van der Waals surface area contributed by atoms with E-state index >= 15 is 0 Å². The Labute approximate surface area is 123 Å². The molecule has 0 aliphatic heterocycles. The monoisotopic (exact) mass is 281 g/mol. The maximum Gasteiger partial charge on any atom is 0.0669 e. The fourth-order valence-corrected chi connectivity index (χ4v) is 2.99. The molecular weight excluding hydrogens is 250 g/mol. The minimum Gasteiger partial charge on any atom is -0.393 e. The average molecular weight is 281 g/mol. The topological polar surface area (TPSA) is 50.1 Å². The number of aryl methyl sites for hydroxylation is 2. The summed E-state index contributed by atoms with van der Waals surface area (Å²) in [5.74, 6) is 0. The van der Waals surface area contributed by atoms with Crippen molar-refractivity contribution in [3.05, 3.63) is 17.0 Å². The first kappa shape index (κ1) is 17.2. The van der Waals surface area contributed by atoms with E-state index in [-0.39, 0.29) is 11.5 Å². The van der Waals surface area contributed by atoms with Crippen LogP contribution < -0.4 is 5.32 Å². The third kappa shape index (κ3) is 4.60. The van der Waals surface area contributed by atoms with Crippen molar-refractivity contribution in [1.29, 1.82) is 0 Å². The van der Waals surface area contributed by atoms with Gasteiger partial charge >= 0.3 is 0 Å². The minimum atomic E-state index is -0.248. The average Bonchev–Trinajstić information content (AvgIpc) is 2.63. The third-order valence-electron chi connectivity index (χ3n) is 3.78. The van der Waals surface area contributed by atoms with E-state index in [2.05, 4.69) is 38.1 Å². The summed E-state index contributed by atoms with van der Waals surface area (Å²) in [4.78, 5) is 0. The van der Waals surface area contributed by atoms with Gasteiger partial charge in [-0.05, 0) is 31.6 Å². The van der Waals surface area contributed by atoms with E-state index in [1.54, 1.807) is 0 Å². The molecule has 0 fully saturated rings. The molecule has 0 aliphatic carbocycles. The SMILES string of the molecule is CCc1nn(C)c(CC)c1CNCC(C)(C)CC(C)O. The van der Waals surface area contributed by atoms with E-state index < -0.39 is 0 Å². The van der Waals surface area contributed by atoms with E-state index in [0.717, 1.165) is 32.4 Å². The summed E-state index contributed by atoms with van der Waals surface area (Å²) in [5, 5.41) is 17.7. The molecule has 1 unspecified atom stereocenters. The van der Waals surface area contributed by atoms with Crippen LogP contribution in [0.15, 0.2) is 0 Å². The summed E-state index contributed by atoms with van der Waals surface area (Å²) in [6.07, 6.45) is 2.55. The molecule has 1 atom stereocenters. The molecule has 0 spiro atoms. The van der Waals surface area contributed by atoms with Crippen LogP contribution >= 0.6 is 0 Å². The second kappa shape index (κ2) is 7.23. The van der Waals surface area contributed by atoms with Crippen LogP contribution in [0.3, 0.4) is 0 Å². The highest BCUT2D eigenvalue weighted by atomic mass is 16.3. The molecule has 0 amide bonds. The normalized spacial score (nSPS) is 13.8. The van der Waals surface area contributed by atoms with Gasteiger partial charge in [0.1, 0.15) is 0 Å². The summed E-state index contributed by atoms with van der Waals surface area (Å²) in [6, 6.07) is 0. The number of aliphatic hydroxyl groups is 1. The molecule has 0 aliphatic rings. The Bertz CT molecular complexity index is 422. The second-order valence-electron chi connectivity index (χ2n) is 6.52. The van der Waals surface area contributed by atoms with Crippen LogP contribution in [0.5, 0.6) is 0 Å². The van der Waals surface area contributed by atoms with Gasteiger partial charge in [0.2, 0.25) is 0 Å². The van der Waals surface area contributed by atoms with Crippen LogP contribution in [0.2, 0.25) is 0 Å². The van der Waals surface area contributed by atoms with E-state index in [0.29, 0.717) is 0 Å². The summed E-state index contributed by atoms with van der Waals surface area (Å²) >= 11 is 0. The highest BCUT2D eigenvalue weighted by Gasteiger charge is 2.20. The summed E-state index contributed by atoms with van der Waals surface area (Å²) in [7, 11) is 2.03. The zero-order chi connectivity index (χ0) is 15.3. The lowest BCUT2D eigenvalue weighted by Crippen LogP contribution is -2.32. The molecule has 0 radical (unpaired) electrons. The van der Waals surface area contributed by atoms with Crippen molar-refractivity contribution in [3.63, 3.8) is 0 Å². The first-order chi connectivity index (χ1) is 9.30. The molecule has 20 heavy (non-hydrogen) atoms. The lowest BCUT2D eigenvalue weighted by molar-refractivity contribution is 0.128. The van der Waals surface area contributed by atoms with Crippen molar-refractivity contribution in [2.75, 3.05) is 6.54 Å². The molecule has 2 N–H and O–H groups in total. The third-order valence-corrected chi connectivity index (χ3v) is 3.78. The maximum atomic E-state index is 9.53. The number of nitrogens with zero attached hydrogens (tertiary/aromatic N) is 2. The molecular formula is C16H31N3O. The first-order valence-electron chi connectivity index (χ1n) is 7.73. The van der Waals surface area contributed by atoms with Gasteiger partial charge in [0.25, 0.3) is 0 Å². The fraction of sp³-hybridized carbons (Fsp3) is 0.812. The van der Waals surface area contributed by atoms with Crippen molar-refractivity contribution in [1.82, 2.24) is 15.1 Å². The lowest BCUT2D eigenvalue weighted by atomic mass is 9.87. The largest absolute Gasteiger partial charge is 0.393 e. The summed E-state index contributed by atoms with van der Waals surface area (Å²) in [5.41, 5.74) is 3.98. The van der Waals surface area contributed by atoms with Gasteiger partial charge in [-0.15, -0.1) is 0 Å². The predicted molar refractivity (Wildman–Crippen MR) is 83.7 cm³/mol. The Morgan fingerprint density at radius 3 is 2.45 bits per heavy atom. The zero-order valence-corrected chi connectivity index (χ0v) is 14.0. The lowest BCUT2D eigenvalue weighted by Gasteiger charge is -2.26. The quantitative estimate of drug-likeness (QED) is 0.769. The molecule has 0 saturated heterocycles. The molecule has 1 aromatic heterocycles. The molecule has 116 valence electrons. The van der Waals surface area contributed by atoms with Crippen molar-refractivity contribution in [2.45, 2.75) is 66.5 Å². The maximum absolute atomic E-state index is 9.53. The van der Waals surface area contributed by atoms with Gasteiger partial charge < -0.3 is 10.4 Å². The number of aromatic nitrogens is 2. The van der Waals surface area contributed by atoms with Crippen LogP contribution in [0.1, 0.15) is 58.0 Å². The standard InChI is InChI=1S/C16H31N3O/c1-7-14-13(15(8-2)19(6)18-14)10-17-11-16(4,5)9-12(3)20/h12,17,20H,7-11H2,1-6H3. The molecule has 1 aromatic rings. The van der Waals surface area contributed by atoms with Gasteiger partial charge in [-0.1, -0.05) is 27.7 Å². The number of nitrogens with one attached hydrogen (secondary N) is 1. The van der Waals surface area contributed by atoms with E-state index in [9.17, 15) is 5.11 Å².